The van der Waals surface area contributed by atoms with E-state index in [1.54, 1.807) is 11.8 Å². The summed E-state index contributed by atoms with van der Waals surface area (Å²) in [6, 6.07) is 13.4. The second-order valence-corrected chi connectivity index (χ2v) is 7.33. The number of nitrogens with zero attached hydrogens (tertiary/aromatic N) is 2. The second kappa shape index (κ2) is 6.68. The molecule has 2 saturated heterocycles. The first-order valence-electron chi connectivity index (χ1n) is 9.05. The van der Waals surface area contributed by atoms with Crippen LogP contribution in [0.2, 0.25) is 0 Å². The molecule has 140 valence electrons. The van der Waals surface area contributed by atoms with Gasteiger partial charge in [0.1, 0.15) is 11.6 Å². The number of hydrogen-bond acceptors (Lipinski definition) is 3. The van der Waals surface area contributed by atoms with Crippen molar-refractivity contribution in [2.45, 2.75) is 13.0 Å². The van der Waals surface area contributed by atoms with E-state index in [0.29, 0.717) is 19.6 Å². The van der Waals surface area contributed by atoms with Crippen LogP contribution in [-0.4, -0.2) is 46.4 Å². The zero-order valence-electron chi connectivity index (χ0n) is 15.0. The molecule has 1 N–H and O–H groups in total. The molecule has 2 fully saturated rings. The highest BCUT2D eigenvalue weighted by molar-refractivity contribution is 5.95. The van der Waals surface area contributed by atoms with E-state index < -0.39 is 5.82 Å². The van der Waals surface area contributed by atoms with Crippen LogP contribution in [0.5, 0.6) is 5.75 Å². The van der Waals surface area contributed by atoms with Gasteiger partial charge in [-0.25, -0.2) is 4.39 Å². The molecule has 0 bridgehead atoms. The zero-order chi connectivity index (χ0) is 19.1. The summed E-state index contributed by atoms with van der Waals surface area (Å²) < 4.78 is 14.1. The number of rotatable bonds is 2. The average molecular weight is 368 g/mol. The van der Waals surface area contributed by atoms with Crippen LogP contribution in [0.3, 0.4) is 0 Å². The lowest BCUT2D eigenvalue weighted by Crippen LogP contribution is -2.36. The molecular weight excluding hydrogens is 347 g/mol. The van der Waals surface area contributed by atoms with Gasteiger partial charge in [0, 0.05) is 44.5 Å². The van der Waals surface area contributed by atoms with E-state index in [9.17, 15) is 19.1 Å². The molecule has 0 unspecified atom stereocenters. The average Bonchev–Trinajstić information content (AvgIpc) is 3.19. The van der Waals surface area contributed by atoms with Crippen molar-refractivity contribution in [2.24, 2.45) is 11.8 Å². The molecule has 27 heavy (non-hydrogen) atoms. The fraction of sp³-hybridized carbons (Fsp3) is 0.333. The first-order chi connectivity index (χ1) is 13.0. The van der Waals surface area contributed by atoms with Crippen LogP contribution in [0.1, 0.15) is 28.9 Å². The van der Waals surface area contributed by atoms with Crippen LogP contribution in [0.15, 0.2) is 48.5 Å². The number of carbonyl (C=O) groups is 2. The summed E-state index contributed by atoms with van der Waals surface area (Å²) in [5.74, 6) is -0.974. The molecule has 0 aliphatic carbocycles. The van der Waals surface area contributed by atoms with E-state index in [2.05, 4.69) is 0 Å². The lowest BCUT2D eigenvalue weighted by Gasteiger charge is -2.29. The van der Waals surface area contributed by atoms with E-state index in [1.165, 1.54) is 12.1 Å². The third-order valence-corrected chi connectivity index (χ3v) is 5.68. The minimum atomic E-state index is -0.720. The monoisotopic (exact) mass is 368 g/mol. The number of hydrogen-bond donors (Lipinski definition) is 1. The lowest BCUT2D eigenvalue weighted by atomic mass is 9.89. The molecule has 4 rings (SSSR count). The third-order valence-electron chi connectivity index (χ3n) is 5.68. The van der Waals surface area contributed by atoms with Crippen LogP contribution in [-0.2, 0) is 4.79 Å². The van der Waals surface area contributed by atoms with Crippen molar-refractivity contribution in [2.75, 3.05) is 19.6 Å². The zero-order valence-corrected chi connectivity index (χ0v) is 15.0. The van der Waals surface area contributed by atoms with Gasteiger partial charge in [-0.3, -0.25) is 9.59 Å². The summed E-state index contributed by atoms with van der Waals surface area (Å²) in [5.41, 5.74) is 1.03. The Morgan fingerprint density at radius 1 is 1.07 bits per heavy atom. The Morgan fingerprint density at radius 2 is 1.81 bits per heavy atom. The summed E-state index contributed by atoms with van der Waals surface area (Å²) in [6.45, 7) is 3.15. The molecule has 6 heteroatoms. The Morgan fingerprint density at radius 3 is 2.48 bits per heavy atom. The van der Waals surface area contributed by atoms with Crippen molar-refractivity contribution in [1.29, 1.82) is 0 Å². The normalized spacial score (nSPS) is 24.1. The summed E-state index contributed by atoms with van der Waals surface area (Å²) in [4.78, 5) is 28.5. The van der Waals surface area contributed by atoms with Crippen molar-refractivity contribution in [3.63, 3.8) is 0 Å². The molecule has 0 saturated carbocycles. The van der Waals surface area contributed by atoms with Crippen molar-refractivity contribution in [3.8, 4) is 5.75 Å². The minimum Gasteiger partial charge on any atom is -0.508 e. The maximum absolute atomic E-state index is 14.1. The Balaban J connectivity index is 1.59. The Hall–Kier alpha value is -2.89. The maximum Gasteiger partial charge on any atom is 0.256 e. The number of phenols is 1. The number of aromatic hydroxyl groups is 1. The fourth-order valence-electron chi connectivity index (χ4n) is 4.46. The molecule has 3 atom stereocenters. The highest BCUT2D eigenvalue weighted by Gasteiger charge is 2.49. The first kappa shape index (κ1) is 17.5. The topological polar surface area (TPSA) is 60.9 Å². The van der Waals surface area contributed by atoms with E-state index >= 15 is 0 Å². The molecule has 2 aromatic rings. The van der Waals surface area contributed by atoms with Gasteiger partial charge in [0.25, 0.3) is 5.91 Å². The number of benzene rings is 2. The highest BCUT2D eigenvalue weighted by Crippen LogP contribution is 2.45. The van der Waals surface area contributed by atoms with Gasteiger partial charge < -0.3 is 14.9 Å². The van der Waals surface area contributed by atoms with Crippen molar-refractivity contribution in [1.82, 2.24) is 9.80 Å². The van der Waals surface area contributed by atoms with Crippen LogP contribution < -0.4 is 0 Å². The van der Waals surface area contributed by atoms with Crippen molar-refractivity contribution < 1.29 is 19.1 Å². The predicted octanol–water partition coefficient (Wildman–Crippen LogP) is 2.82. The van der Waals surface area contributed by atoms with Gasteiger partial charge in [-0.2, -0.15) is 0 Å². The number of carbonyl (C=O) groups excluding carboxylic acids is 2. The number of phenolic OH excluding ortho intramolecular Hbond substituents is 1. The Labute approximate surface area is 157 Å². The number of likely N-dealkylation sites (tertiary alicyclic amines) is 2. The Kier molecular flexibility index (Phi) is 4.34. The highest BCUT2D eigenvalue weighted by atomic mass is 19.1. The van der Waals surface area contributed by atoms with Gasteiger partial charge in [-0.15, -0.1) is 0 Å². The molecule has 2 aliphatic heterocycles. The molecule has 2 aromatic carbocycles. The molecule has 2 aliphatic rings. The summed E-state index contributed by atoms with van der Waals surface area (Å²) in [7, 11) is 0. The van der Waals surface area contributed by atoms with Crippen LogP contribution in [0, 0.1) is 17.7 Å². The predicted molar refractivity (Wildman–Crippen MR) is 97.5 cm³/mol. The second-order valence-electron chi connectivity index (χ2n) is 7.33. The Bertz CT molecular complexity index is 886. The SMILES string of the molecule is CC(=O)N1C[C@H]2CN(C(=O)c3ccc(O)cc3F)C[C@H]2[C@@H]1c1ccccc1. The number of fused-ring (bicyclic) bond motifs is 1. The maximum atomic E-state index is 14.1. The van der Waals surface area contributed by atoms with E-state index in [-0.39, 0.29) is 41.0 Å². The number of amides is 2. The van der Waals surface area contributed by atoms with Crippen molar-refractivity contribution >= 4 is 11.8 Å². The molecule has 0 aromatic heterocycles. The lowest BCUT2D eigenvalue weighted by molar-refractivity contribution is -0.130. The smallest absolute Gasteiger partial charge is 0.256 e. The van der Waals surface area contributed by atoms with Gasteiger partial charge in [-0.05, 0) is 17.7 Å². The summed E-state index contributed by atoms with van der Waals surface area (Å²) in [5, 5.41) is 9.36. The molecule has 2 heterocycles. The van der Waals surface area contributed by atoms with Gasteiger partial charge >= 0.3 is 0 Å². The van der Waals surface area contributed by atoms with Gasteiger partial charge in [-0.1, -0.05) is 30.3 Å². The van der Waals surface area contributed by atoms with E-state index in [1.807, 2.05) is 35.2 Å². The van der Waals surface area contributed by atoms with Crippen LogP contribution in [0.4, 0.5) is 4.39 Å². The molecule has 0 spiro atoms. The first-order valence-corrected chi connectivity index (χ1v) is 9.05. The summed E-state index contributed by atoms with van der Waals surface area (Å²) >= 11 is 0. The molecular formula is C21H21FN2O3. The van der Waals surface area contributed by atoms with Crippen molar-refractivity contribution in [3.05, 3.63) is 65.5 Å². The third kappa shape index (κ3) is 3.05. The van der Waals surface area contributed by atoms with Gasteiger partial charge in [0.05, 0.1) is 11.6 Å². The number of halogens is 1. The standard InChI is InChI=1S/C21H21FN2O3/c1-13(25)24-11-15-10-23(21(27)17-8-7-16(26)9-19(17)22)12-18(15)20(24)14-5-3-2-4-6-14/h2-9,15,18,20,26H,10-12H2,1H3/t15-,18-,20+/m1/s1. The largest absolute Gasteiger partial charge is 0.508 e. The van der Waals surface area contributed by atoms with E-state index in [4.69, 9.17) is 0 Å². The minimum absolute atomic E-state index is 0.0284. The fourth-order valence-corrected chi connectivity index (χ4v) is 4.46. The van der Waals surface area contributed by atoms with Gasteiger partial charge in [0.2, 0.25) is 5.91 Å². The summed E-state index contributed by atoms with van der Waals surface area (Å²) in [6.07, 6.45) is 0. The molecule has 2 amide bonds. The molecule has 5 nitrogen and oxygen atoms in total. The molecule has 0 radical (unpaired) electrons. The van der Waals surface area contributed by atoms with Crippen LogP contribution >= 0.6 is 0 Å². The van der Waals surface area contributed by atoms with Crippen LogP contribution in [0.25, 0.3) is 0 Å². The van der Waals surface area contributed by atoms with Gasteiger partial charge in [0.15, 0.2) is 0 Å². The van der Waals surface area contributed by atoms with E-state index in [0.717, 1.165) is 11.6 Å². The quantitative estimate of drug-likeness (QED) is 0.887.